The highest BCUT2D eigenvalue weighted by Crippen LogP contribution is 2.64. The van der Waals surface area contributed by atoms with E-state index in [4.69, 9.17) is 4.74 Å². The number of anilines is 1. The second-order valence-corrected chi connectivity index (χ2v) is 12.2. The van der Waals surface area contributed by atoms with Gasteiger partial charge in [-0.3, -0.25) is 14.4 Å². The number of benzene rings is 2. The molecule has 0 radical (unpaired) electrons. The van der Waals surface area contributed by atoms with Crippen LogP contribution in [-0.4, -0.2) is 76.1 Å². The third-order valence-electron chi connectivity index (χ3n) is 9.76. The average Bonchev–Trinajstić information content (AvgIpc) is 3.65. The molecular formula is C36H45N3O5. The monoisotopic (exact) mass is 599 g/mol. The number of aliphatic hydroxyl groups is 1. The summed E-state index contributed by atoms with van der Waals surface area (Å²) >= 11 is 0. The van der Waals surface area contributed by atoms with Crippen LogP contribution in [0.1, 0.15) is 51.0 Å². The van der Waals surface area contributed by atoms with Crippen LogP contribution in [0.3, 0.4) is 0 Å². The maximum absolute atomic E-state index is 14.7. The molecule has 3 fully saturated rings. The van der Waals surface area contributed by atoms with Gasteiger partial charge >= 0.3 is 0 Å². The van der Waals surface area contributed by atoms with E-state index in [2.05, 4.69) is 13.2 Å². The molecule has 2 unspecified atom stereocenters. The second-order valence-electron chi connectivity index (χ2n) is 12.2. The molecular weight excluding hydrogens is 554 g/mol. The first kappa shape index (κ1) is 31.7. The summed E-state index contributed by atoms with van der Waals surface area (Å²) in [4.78, 5) is 49.0. The zero-order valence-electron chi connectivity index (χ0n) is 25.8. The minimum absolute atomic E-state index is 0.0738. The lowest BCUT2D eigenvalue weighted by Gasteiger charge is -2.37. The summed E-state index contributed by atoms with van der Waals surface area (Å²) in [6.07, 6.45) is 7.08. The highest BCUT2D eigenvalue weighted by molar-refractivity contribution is 6.03. The third-order valence-corrected chi connectivity index (χ3v) is 9.76. The number of likely N-dealkylation sites (tertiary alicyclic amines) is 1. The lowest BCUT2D eigenvalue weighted by Crippen LogP contribution is -2.56. The fourth-order valence-electron chi connectivity index (χ4n) is 7.78. The Hall–Kier alpha value is -3.75. The molecule has 2 aromatic rings. The van der Waals surface area contributed by atoms with E-state index in [9.17, 15) is 19.5 Å². The maximum Gasteiger partial charge on any atom is 0.248 e. The highest BCUT2D eigenvalue weighted by atomic mass is 16.5. The maximum atomic E-state index is 14.7. The van der Waals surface area contributed by atoms with Crippen molar-refractivity contribution in [3.8, 4) is 0 Å². The van der Waals surface area contributed by atoms with Crippen LogP contribution in [0.25, 0.3) is 0 Å². The average molecular weight is 600 g/mol. The first-order valence-corrected chi connectivity index (χ1v) is 15.9. The van der Waals surface area contributed by atoms with Gasteiger partial charge < -0.3 is 24.5 Å². The number of ether oxygens (including phenoxy) is 1. The summed E-state index contributed by atoms with van der Waals surface area (Å²) in [5.41, 5.74) is -0.225. The van der Waals surface area contributed by atoms with Gasteiger partial charge in [-0.05, 0) is 56.2 Å². The van der Waals surface area contributed by atoms with Crippen LogP contribution in [0.15, 0.2) is 86.0 Å². The Kier molecular flexibility index (Phi) is 9.71. The van der Waals surface area contributed by atoms with Gasteiger partial charge in [-0.1, -0.05) is 67.6 Å². The third kappa shape index (κ3) is 5.50. The zero-order valence-corrected chi connectivity index (χ0v) is 25.8. The number of hydrogen-bond donors (Lipinski definition) is 1. The van der Waals surface area contributed by atoms with Crippen molar-refractivity contribution < 1.29 is 24.2 Å². The molecule has 234 valence electrons. The Labute approximate surface area is 261 Å². The van der Waals surface area contributed by atoms with Crippen LogP contribution < -0.4 is 4.90 Å². The van der Waals surface area contributed by atoms with E-state index in [0.717, 1.165) is 17.7 Å². The topological polar surface area (TPSA) is 90.4 Å². The minimum atomic E-state index is -1.10. The number of fused-ring (bicyclic) bond motifs is 1. The summed E-state index contributed by atoms with van der Waals surface area (Å²) in [7, 11) is 0. The molecule has 2 bridgehead atoms. The van der Waals surface area contributed by atoms with E-state index < -0.39 is 29.1 Å². The van der Waals surface area contributed by atoms with Gasteiger partial charge in [-0.25, -0.2) is 0 Å². The van der Waals surface area contributed by atoms with Crippen molar-refractivity contribution in [3.63, 3.8) is 0 Å². The molecule has 3 amide bonds. The summed E-state index contributed by atoms with van der Waals surface area (Å²) in [6, 6.07) is 18.4. The second kappa shape index (κ2) is 13.5. The summed E-state index contributed by atoms with van der Waals surface area (Å²) < 4.78 is 7.01. The number of para-hydroxylation sites is 1. The molecule has 3 saturated heterocycles. The SMILES string of the molecule is C=CCN(Cc1ccccc1)C(=O)C1N(CCCCCO)C(=O)[C@@H]2[C@H](C(=O)N(CC=C)c3ccccc3)[C@]3(CC)CCC12O3. The van der Waals surface area contributed by atoms with Crippen molar-refractivity contribution in [2.45, 2.75) is 69.2 Å². The van der Waals surface area contributed by atoms with Crippen LogP contribution in [0, 0.1) is 11.8 Å². The predicted molar refractivity (Wildman–Crippen MR) is 171 cm³/mol. The largest absolute Gasteiger partial charge is 0.396 e. The summed E-state index contributed by atoms with van der Waals surface area (Å²) in [6.45, 7) is 11.2. The van der Waals surface area contributed by atoms with Gasteiger partial charge in [0, 0.05) is 38.5 Å². The van der Waals surface area contributed by atoms with Crippen LogP contribution >= 0.6 is 0 Å². The molecule has 0 aromatic heterocycles. The zero-order chi connectivity index (χ0) is 31.3. The Morgan fingerprint density at radius 2 is 1.66 bits per heavy atom. The van der Waals surface area contributed by atoms with Gasteiger partial charge in [0.05, 0.1) is 17.4 Å². The number of carbonyl (C=O) groups is 3. The number of hydrogen-bond acceptors (Lipinski definition) is 5. The molecule has 3 heterocycles. The molecule has 0 saturated carbocycles. The van der Waals surface area contributed by atoms with Crippen LogP contribution in [0.5, 0.6) is 0 Å². The van der Waals surface area contributed by atoms with Crippen molar-refractivity contribution in [2.75, 3.05) is 31.1 Å². The number of rotatable bonds is 15. The lowest BCUT2D eigenvalue weighted by molar-refractivity contribution is -0.153. The van der Waals surface area contributed by atoms with E-state index in [0.29, 0.717) is 58.3 Å². The molecule has 3 aliphatic rings. The van der Waals surface area contributed by atoms with Gasteiger partial charge in [-0.15, -0.1) is 13.2 Å². The molecule has 44 heavy (non-hydrogen) atoms. The Morgan fingerprint density at radius 3 is 2.30 bits per heavy atom. The molecule has 1 spiro atoms. The van der Waals surface area contributed by atoms with E-state index in [1.165, 1.54) is 0 Å². The first-order valence-electron chi connectivity index (χ1n) is 15.9. The highest BCUT2D eigenvalue weighted by Gasteiger charge is 2.79. The van der Waals surface area contributed by atoms with Gasteiger partial charge in [0.2, 0.25) is 17.7 Å². The Morgan fingerprint density at radius 1 is 0.977 bits per heavy atom. The number of nitrogens with zero attached hydrogens (tertiary/aromatic N) is 3. The Bertz CT molecular complexity index is 1350. The van der Waals surface area contributed by atoms with E-state index >= 15 is 0 Å². The van der Waals surface area contributed by atoms with Gasteiger partial charge in [0.25, 0.3) is 0 Å². The van der Waals surface area contributed by atoms with E-state index in [1.54, 1.807) is 26.9 Å². The normalized spacial score (nSPS) is 26.8. The molecule has 2 aromatic carbocycles. The van der Waals surface area contributed by atoms with Crippen LogP contribution in [0.4, 0.5) is 5.69 Å². The van der Waals surface area contributed by atoms with Gasteiger partial charge in [-0.2, -0.15) is 0 Å². The lowest BCUT2D eigenvalue weighted by atomic mass is 9.64. The molecule has 8 heteroatoms. The molecule has 5 rings (SSSR count). The van der Waals surface area contributed by atoms with E-state index in [1.807, 2.05) is 67.6 Å². The fourth-order valence-corrected chi connectivity index (χ4v) is 7.78. The number of unbranched alkanes of at least 4 members (excludes halogenated alkanes) is 2. The van der Waals surface area contributed by atoms with Crippen molar-refractivity contribution in [3.05, 3.63) is 91.5 Å². The molecule has 8 nitrogen and oxygen atoms in total. The predicted octanol–water partition coefficient (Wildman–Crippen LogP) is 4.74. The fraction of sp³-hybridized carbons (Fsp3) is 0.472. The molecule has 5 atom stereocenters. The quantitative estimate of drug-likeness (QED) is 0.236. The van der Waals surface area contributed by atoms with E-state index in [-0.39, 0.29) is 24.3 Å². The molecule has 3 aliphatic heterocycles. The van der Waals surface area contributed by atoms with Crippen LogP contribution in [-0.2, 0) is 25.7 Å². The van der Waals surface area contributed by atoms with Crippen LogP contribution in [0.2, 0.25) is 0 Å². The number of amides is 3. The van der Waals surface area contributed by atoms with Crippen molar-refractivity contribution in [1.82, 2.24) is 9.80 Å². The summed E-state index contributed by atoms with van der Waals surface area (Å²) in [5.74, 6) is -2.04. The molecule has 0 aliphatic carbocycles. The van der Waals surface area contributed by atoms with Crippen molar-refractivity contribution in [2.24, 2.45) is 11.8 Å². The smallest absolute Gasteiger partial charge is 0.248 e. The van der Waals surface area contributed by atoms with Gasteiger partial charge in [0.1, 0.15) is 11.6 Å². The Balaban J connectivity index is 1.56. The van der Waals surface area contributed by atoms with Crippen molar-refractivity contribution >= 4 is 23.4 Å². The minimum Gasteiger partial charge on any atom is -0.396 e. The first-order chi connectivity index (χ1) is 21.4. The van der Waals surface area contributed by atoms with Gasteiger partial charge in [0.15, 0.2) is 0 Å². The van der Waals surface area contributed by atoms with Crippen molar-refractivity contribution in [1.29, 1.82) is 0 Å². The number of aliphatic hydroxyl groups excluding tert-OH is 1. The standard InChI is InChI=1S/C36H45N3O5/c1-4-22-37(26-27-16-10-7-11-17-27)34(43)31-36-21-20-35(6-3,44-36)29(30(36)33(42)39(31)24-14-9-15-25-40)32(41)38(23-5-2)28-18-12-8-13-19-28/h4-5,7-8,10-13,16-19,29-31,40H,1-2,6,9,14-15,20-26H2,3H3/t29-,30+,31?,35+,36?/m1/s1. The molecule has 1 N–H and O–H groups in total. The number of carbonyl (C=O) groups excluding carboxylic acids is 3. The summed E-state index contributed by atoms with van der Waals surface area (Å²) in [5, 5.41) is 9.36.